The number of ketones is 1. The molecule has 0 bridgehead atoms. The summed E-state index contributed by atoms with van der Waals surface area (Å²) in [6.45, 7) is -1.29. The van der Waals surface area contributed by atoms with Gasteiger partial charge >= 0.3 is 0 Å². The number of carbonyl (C=O) groups excluding carboxylic acids is 2. The van der Waals surface area contributed by atoms with Crippen LogP contribution < -0.4 is 5.32 Å². The van der Waals surface area contributed by atoms with Gasteiger partial charge in [-0.25, -0.2) is 18.2 Å². The van der Waals surface area contributed by atoms with Crippen LogP contribution in [0.4, 0.5) is 19.0 Å². The molecule has 0 saturated carbocycles. The Kier molecular flexibility index (Phi) is 7.20. The van der Waals surface area contributed by atoms with Crippen molar-refractivity contribution >= 4 is 17.5 Å². The van der Waals surface area contributed by atoms with Gasteiger partial charge in [0, 0.05) is 5.92 Å². The molecule has 8 heteroatoms. The average Bonchev–Trinajstić information content (AvgIpc) is 2.78. The van der Waals surface area contributed by atoms with Gasteiger partial charge in [-0.2, -0.15) is 0 Å². The molecule has 0 atom stereocenters. The Labute approximate surface area is 173 Å². The van der Waals surface area contributed by atoms with Gasteiger partial charge in [-0.3, -0.25) is 9.59 Å². The molecule has 0 radical (unpaired) electrons. The summed E-state index contributed by atoms with van der Waals surface area (Å²) in [6, 6.07) is 7.11. The van der Waals surface area contributed by atoms with E-state index in [-0.39, 0.29) is 45.5 Å². The van der Waals surface area contributed by atoms with Crippen molar-refractivity contribution in [2.45, 2.75) is 32.9 Å². The molecule has 2 heterocycles. The van der Waals surface area contributed by atoms with Crippen LogP contribution in [-0.4, -0.2) is 41.7 Å². The number of benzene rings is 1. The lowest BCUT2D eigenvalue weighted by Gasteiger charge is -2.27. The third-order valence-corrected chi connectivity index (χ3v) is 5.36. The fourth-order valence-electron chi connectivity index (χ4n) is 3.72. The molecule has 160 valence electrons. The summed E-state index contributed by atoms with van der Waals surface area (Å²) in [6.07, 6.45) is 1.49. The Morgan fingerprint density at radius 3 is 2.27 bits per heavy atom. The van der Waals surface area contributed by atoms with Crippen molar-refractivity contribution in [2.24, 2.45) is 5.92 Å². The summed E-state index contributed by atoms with van der Waals surface area (Å²) in [5.74, 6) is -0.843. The van der Waals surface area contributed by atoms with Gasteiger partial charge < -0.3 is 10.2 Å². The zero-order valence-electron chi connectivity index (χ0n) is 16.8. The predicted octanol–water partition coefficient (Wildman–Crippen LogP) is 4.27. The maximum absolute atomic E-state index is 13.4. The SMILES string of the molecule is CN1CCC(C(=O)c2cccc(NC(=O)c3c(CF)cc(CF)cc3CF)n2)CC1. The number of Topliss-reactive ketones (excluding diaryl/α,β-unsaturated/α-hetero) is 1. The molecule has 1 N–H and O–H groups in total. The highest BCUT2D eigenvalue weighted by Crippen LogP contribution is 2.24. The minimum Gasteiger partial charge on any atom is -0.307 e. The number of carbonyl (C=O) groups is 2. The molecular formula is C22H24F3N3O2. The molecule has 30 heavy (non-hydrogen) atoms. The van der Waals surface area contributed by atoms with Gasteiger partial charge in [0.25, 0.3) is 5.91 Å². The van der Waals surface area contributed by atoms with Crippen LogP contribution in [0.2, 0.25) is 0 Å². The van der Waals surface area contributed by atoms with Gasteiger partial charge in [-0.1, -0.05) is 6.07 Å². The van der Waals surface area contributed by atoms with Crippen LogP contribution in [0, 0.1) is 5.92 Å². The van der Waals surface area contributed by atoms with Crippen molar-refractivity contribution in [3.05, 3.63) is 58.3 Å². The largest absolute Gasteiger partial charge is 0.307 e. The number of hydrogen-bond acceptors (Lipinski definition) is 4. The molecular weight excluding hydrogens is 395 g/mol. The summed E-state index contributed by atoms with van der Waals surface area (Å²) < 4.78 is 39.8. The number of alkyl halides is 3. The Morgan fingerprint density at radius 2 is 1.70 bits per heavy atom. The van der Waals surface area contributed by atoms with Crippen LogP contribution >= 0.6 is 0 Å². The molecule has 5 nitrogen and oxygen atoms in total. The monoisotopic (exact) mass is 419 g/mol. The standard InChI is InChI=1S/C22H24F3N3O2/c1-28-7-5-15(6-8-28)21(29)18-3-2-4-19(26-18)27-22(30)20-16(12-24)9-14(11-23)10-17(20)13-25/h2-4,9-10,15H,5-8,11-13H2,1H3,(H,26,27,30). The topological polar surface area (TPSA) is 62.3 Å². The number of aromatic nitrogens is 1. The molecule has 1 aliphatic heterocycles. The van der Waals surface area contributed by atoms with Gasteiger partial charge in [-0.15, -0.1) is 0 Å². The number of halogens is 3. The lowest BCUT2D eigenvalue weighted by molar-refractivity contribution is 0.0851. The Bertz CT molecular complexity index is 903. The van der Waals surface area contributed by atoms with Crippen LogP contribution in [0.3, 0.4) is 0 Å². The molecule has 3 rings (SSSR count). The average molecular weight is 419 g/mol. The number of amides is 1. The second-order valence-electron chi connectivity index (χ2n) is 7.49. The smallest absolute Gasteiger partial charge is 0.257 e. The molecule has 0 unspecified atom stereocenters. The van der Waals surface area contributed by atoms with E-state index in [0.717, 1.165) is 25.9 Å². The van der Waals surface area contributed by atoms with Crippen molar-refractivity contribution < 1.29 is 22.8 Å². The van der Waals surface area contributed by atoms with E-state index in [1.165, 1.54) is 18.2 Å². The lowest BCUT2D eigenvalue weighted by atomic mass is 9.91. The van der Waals surface area contributed by atoms with Crippen molar-refractivity contribution in [1.29, 1.82) is 0 Å². The quantitative estimate of drug-likeness (QED) is 0.681. The molecule has 1 fully saturated rings. The molecule has 1 aromatic carbocycles. The van der Waals surface area contributed by atoms with E-state index in [0.29, 0.717) is 0 Å². The van der Waals surface area contributed by atoms with Crippen molar-refractivity contribution in [2.75, 3.05) is 25.5 Å². The zero-order valence-corrected chi connectivity index (χ0v) is 16.8. The number of nitrogens with one attached hydrogen (secondary N) is 1. The van der Waals surface area contributed by atoms with Crippen molar-refractivity contribution in [3.63, 3.8) is 0 Å². The van der Waals surface area contributed by atoms with Gasteiger partial charge in [-0.05, 0) is 73.9 Å². The Morgan fingerprint density at radius 1 is 1.07 bits per heavy atom. The first-order chi connectivity index (χ1) is 14.5. The summed E-state index contributed by atoms with van der Waals surface area (Å²) in [5, 5.41) is 2.51. The van der Waals surface area contributed by atoms with Crippen LogP contribution in [-0.2, 0) is 20.0 Å². The van der Waals surface area contributed by atoms with Crippen LogP contribution in [0.25, 0.3) is 0 Å². The minimum absolute atomic E-state index is 0.0830. The predicted molar refractivity (Wildman–Crippen MR) is 108 cm³/mol. The number of piperidine rings is 1. The first kappa shape index (κ1) is 22.0. The zero-order chi connectivity index (χ0) is 21.7. The molecule has 0 spiro atoms. The summed E-state index contributed by atoms with van der Waals surface area (Å²) in [4.78, 5) is 31.9. The van der Waals surface area contributed by atoms with E-state index >= 15 is 0 Å². The molecule has 0 aliphatic carbocycles. The van der Waals surface area contributed by atoms with Crippen LogP contribution in [0.15, 0.2) is 30.3 Å². The highest BCUT2D eigenvalue weighted by atomic mass is 19.1. The second kappa shape index (κ2) is 9.84. The van der Waals surface area contributed by atoms with Gasteiger partial charge in [0.05, 0.1) is 5.56 Å². The van der Waals surface area contributed by atoms with Gasteiger partial charge in [0.15, 0.2) is 5.78 Å². The molecule has 2 aromatic rings. The lowest BCUT2D eigenvalue weighted by Crippen LogP contribution is -2.33. The van der Waals surface area contributed by atoms with E-state index < -0.39 is 25.9 Å². The third-order valence-electron chi connectivity index (χ3n) is 5.36. The van der Waals surface area contributed by atoms with Crippen LogP contribution in [0.1, 0.15) is 50.4 Å². The molecule has 1 saturated heterocycles. The van der Waals surface area contributed by atoms with Crippen molar-refractivity contribution in [3.8, 4) is 0 Å². The van der Waals surface area contributed by atoms with E-state index in [4.69, 9.17) is 0 Å². The maximum Gasteiger partial charge on any atom is 0.257 e. The summed E-state index contributed by atoms with van der Waals surface area (Å²) in [5.41, 5.74) is -0.00369. The number of anilines is 1. The first-order valence-corrected chi connectivity index (χ1v) is 9.80. The fraction of sp³-hybridized carbons (Fsp3) is 0.409. The number of likely N-dealkylation sites (tertiary alicyclic amines) is 1. The van der Waals surface area contributed by atoms with Gasteiger partial charge in [0.2, 0.25) is 0 Å². The highest BCUT2D eigenvalue weighted by Gasteiger charge is 2.26. The first-order valence-electron chi connectivity index (χ1n) is 9.80. The Hall–Kier alpha value is -2.74. The minimum atomic E-state index is -1.04. The van der Waals surface area contributed by atoms with E-state index in [2.05, 4.69) is 15.2 Å². The second-order valence-corrected chi connectivity index (χ2v) is 7.49. The maximum atomic E-state index is 13.4. The van der Waals surface area contributed by atoms with E-state index in [9.17, 15) is 22.8 Å². The number of hydrogen-bond donors (Lipinski definition) is 1. The summed E-state index contributed by atoms with van der Waals surface area (Å²) in [7, 11) is 2.01. The number of rotatable bonds is 7. The summed E-state index contributed by atoms with van der Waals surface area (Å²) >= 11 is 0. The van der Waals surface area contributed by atoms with E-state index in [1.807, 2.05) is 7.05 Å². The Balaban J connectivity index is 1.81. The number of nitrogens with zero attached hydrogens (tertiary/aromatic N) is 2. The third kappa shape index (κ3) is 4.87. The highest BCUT2D eigenvalue weighted by molar-refractivity contribution is 6.06. The molecule has 1 amide bonds. The normalized spacial score (nSPS) is 15.2. The van der Waals surface area contributed by atoms with E-state index in [1.54, 1.807) is 12.1 Å². The van der Waals surface area contributed by atoms with Crippen molar-refractivity contribution in [1.82, 2.24) is 9.88 Å². The molecule has 1 aliphatic rings. The number of pyridine rings is 1. The fourth-order valence-corrected chi connectivity index (χ4v) is 3.72. The molecule has 1 aromatic heterocycles. The van der Waals surface area contributed by atoms with Crippen LogP contribution in [0.5, 0.6) is 0 Å². The van der Waals surface area contributed by atoms with Gasteiger partial charge in [0.1, 0.15) is 31.5 Å².